The van der Waals surface area contributed by atoms with Crippen LogP contribution in [0.15, 0.2) is 21.1 Å². The van der Waals surface area contributed by atoms with Gasteiger partial charge in [0.25, 0.3) is 0 Å². The third-order valence-electron chi connectivity index (χ3n) is 2.67. The first kappa shape index (κ1) is 17.0. The lowest BCUT2D eigenvalue weighted by atomic mass is 10.1. The fourth-order valence-electron chi connectivity index (χ4n) is 1.64. The van der Waals surface area contributed by atoms with Crippen molar-refractivity contribution >= 4 is 49.5 Å². The third-order valence-corrected chi connectivity index (χ3v) is 3.76. The minimum atomic E-state index is -0.541. The normalized spacial score (nSPS) is 11.7. The Morgan fingerprint density at radius 3 is 2.40 bits per heavy atom. The molecule has 0 aliphatic heterocycles. The average Bonchev–Trinajstić information content (AvgIpc) is 2.44. The summed E-state index contributed by atoms with van der Waals surface area (Å²) in [5.74, 6) is -0.882. The van der Waals surface area contributed by atoms with E-state index in [1.165, 1.54) is 14.2 Å². The lowest BCUT2D eigenvalue weighted by Crippen LogP contribution is -2.30. The van der Waals surface area contributed by atoms with Crippen LogP contribution in [-0.2, 0) is 14.3 Å². The van der Waals surface area contributed by atoms with Crippen LogP contribution in [0.4, 0.5) is 5.69 Å². The van der Waals surface area contributed by atoms with Crippen LogP contribution in [0.3, 0.4) is 0 Å². The zero-order chi connectivity index (χ0) is 15.3. The molecule has 0 saturated carbocycles. The Hall–Kier alpha value is -1.08. The summed E-state index contributed by atoms with van der Waals surface area (Å²) in [6, 6.07) is 2.86. The monoisotopic (exact) mass is 407 g/mol. The molecule has 1 aromatic rings. The molecule has 0 aromatic heterocycles. The van der Waals surface area contributed by atoms with E-state index in [1.807, 2.05) is 6.92 Å². The molecule has 1 rings (SSSR count). The zero-order valence-electron chi connectivity index (χ0n) is 11.3. The summed E-state index contributed by atoms with van der Waals surface area (Å²) in [5, 5.41) is 3.02. The number of hydrogen-bond acceptors (Lipinski definition) is 5. The number of nitrogens with one attached hydrogen (secondary N) is 1. The zero-order valence-corrected chi connectivity index (χ0v) is 14.5. The van der Waals surface area contributed by atoms with Crippen LogP contribution < -0.4 is 5.32 Å². The van der Waals surface area contributed by atoms with Gasteiger partial charge in [-0.2, -0.15) is 0 Å². The number of benzene rings is 1. The number of carbonyl (C=O) groups is 2. The van der Waals surface area contributed by atoms with Gasteiger partial charge in [0.2, 0.25) is 0 Å². The summed E-state index contributed by atoms with van der Waals surface area (Å²) in [7, 11) is 2.63. The molecule has 0 aliphatic rings. The number of carbonyl (C=O) groups excluding carboxylic acids is 2. The topological polar surface area (TPSA) is 64.6 Å². The van der Waals surface area contributed by atoms with E-state index in [0.29, 0.717) is 22.1 Å². The number of rotatable bonds is 5. The molecule has 1 atom stereocenters. The van der Waals surface area contributed by atoms with E-state index in [4.69, 9.17) is 9.47 Å². The maximum atomic E-state index is 11.8. The summed E-state index contributed by atoms with van der Waals surface area (Å²) < 4.78 is 10.8. The number of ether oxygens (including phenoxy) is 2. The summed E-state index contributed by atoms with van der Waals surface area (Å²) in [4.78, 5) is 23.5. The van der Waals surface area contributed by atoms with Gasteiger partial charge in [-0.15, -0.1) is 0 Å². The fraction of sp³-hybridized carbons (Fsp3) is 0.385. The molecule has 20 heavy (non-hydrogen) atoms. The molecule has 0 fully saturated rings. The molecule has 5 nitrogen and oxygen atoms in total. The van der Waals surface area contributed by atoms with E-state index in [1.54, 1.807) is 12.1 Å². The first-order valence-corrected chi connectivity index (χ1v) is 7.44. The molecule has 0 spiro atoms. The fourth-order valence-corrected chi connectivity index (χ4v) is 2.98. The van der Waals surface area contributed by atoms with Crippen molar-refractivity contribution in [1.82, 2.24) is 0 Å². The predicted octanol–water partition coefficient (Wildman–Crippen LogP) is 3.36. The van der Waals surface area contributed by atoms with Crippen molar-refractivity contribution in [3.05, 3.63) is 26.6 Å². The highest BCUT2D eigenvalue weighted by Gasteiger charge is 2.22. The summed E-state index contributed by atoms with van der Waals surface area (Å²) in [6.45, 7) is 1.85. The Kier molecular flexibility index (Phi) is 6.48. The van der Waals surface area contributed by atoms with E-state index in [-0.39, 0.29) is 0 Å². The van der Waals surface area contributed by atoms with Gasteiger partial charge in [-0.05, 0) is 34.5 Å². The quantitative estimate of drug-likeness (QED) is 0.756. The molecule has 1 unspecified atom stereocenters. The SMILES string of the molecule is CCC(Nc1c(Br)cc(Br)cc1C(=O)OC)C(=O)OC. The first-order chi connectivity index (χ1) is 9.44. The molecule has 110 valence electrons. The predicted molar refractivity (Wildman–Crippen MR) is 82.9 cm³/mol. The first-order valence-electron chi connectivity index (χ1n) is 5.86. The minimum Gasteiger partial charge on any atom is -0.467 e. The Morgan fingerprint density at radius 2 is 1.90 bits per heavy atom. The summed E-state index contributed by atoms with van der Waals surface area (Å²) in [6.07, 6.45) is 0.524. The molecular weight excluding hydrogens is 394 g/mol. The standard InChI is InChI=1S/C13H15Br2NO4/c1-4-10(13(18)20-3)16-11-8(12(17)19-2)5-7(14)6-9(11)15/h5-6,10,16H,4H2,1-3H3. The second kappa shape index (κ2) is 7.64. The van der Waals surface area contributed by atoms with Crippen molar-refractivity contribution in [1.29, 1.82) is 0 Å². The van der Waals surface area contributed by atoms with Gasteiger partial charge in [-0.3, -0.25) is 0 Å². The van der Waals surface area contributed by atoms with Gasteiger partial charge >= 0.3 is 11.9 Å². The molecule has 7 heteroatoms. The highest BCUT2D eigenvalue weighted by Crippen LogP contribution is 2.32. The van der Waals surface area contributed by atoms with Crippen LogP contribution in [0.25, 0.3) is 0 Å². The Bertz CT molecular complexity index is 519. The van der Waals surface area contributed by atoms with E-state index in [0.717, 1.165) is 4.47 Å². The van der Waals surface area contributed by atoms with Crippen molar-refractivity contribution in [2.45, 2.75) is 19.4 Å². The van der Waals surface area contributed by atoms with E-state index < -0.39 is 18.0 Å². The lowest BCUT2D eigenvalue weighted by molar-refractivity contribution is -0.141. The number of hydrogen-bond donors (Lipinski definition) is 1. The van der Waals surface area contributed by atoms with Crippen LogP contribution in [-0.4, -0.2) is 32.2 Å². The molecular formula is C13H15Br2NO4. The van der Waals surface area contributed by atoms with Crippen LogP contribution in [0.1, 0.15) is 23.7 Å². The molecule has 0 radical (unpaired) electrons. The second-order valence-corrected chi connectivity index (χ2v) is 5.70. The van der Waals surface area contributed by atoms with Gasteiger partial charge < -0.3 is 14.8 Å². The molecule has 0 bridgehead atoms. The van der Waals surface area contributed by atoms with Crippen LogP contribution in [0.5, 0.6) is 0 Å². The Balaban J connectivity index is 3.22. The van der Waals surface area contributed by atoms with Gasteiger partial charge in [-0.25, -0.2) is 9.59 Å². The average molecular weight is 409 g/mol. The summed E-state index contributed by atoms with van der Waals surface area (Å²) >= 11 is 6.69. The number of anilines is 1. The van der Waals surface area contributed by atoms with Crippen molar-refractivity contribution < 1.29 is 19.1 Å². The minimum absolute atomic E-state index is 0.330. The lowest BCUT2D eigenvalue weighted by Gasteiger charge is -2.19. The van der Waals surface area contributed by atoms with E-state index in [9.17, 15) is 9.59 Å². The van der Waals surface area contributed by atoms with Gasteiger partial charge in [0, 0.05) is 8.95 Å². The van der Waals surface area contributed by atoms with Crippen LogP contribution in [0, 0.1) is 0 Å². The molecule has 0 amide bonds. The van der Waals surface area contributed by atoms with E-state index >= 15 is 0 Å². The Morgan fingerprint density at radius 1 is 1.25 bits per heavy atom. The highest BCUT2D eigenvalue weighted by atomic mass is 79.9. The molecule has 0 heterocycles. The maximum Gasteiger partial charge on any atom is 0.340 e. The number of methoxy groups -OCH3 is 2. The van der Waals surface area contributed by atoms with Gasteiger partial charge in [0.15, 0.2) is 0 Å². The van der Waals surface area contributed by atoms with Gasteiger partial charge in [-0.1, -0.05) is 22.9 Å². The third kappa shape index (κ3) is 3.96. The van der Waals surface area contributed by atoms with Crippen LogP contribution in [0.2, 0.25) is 0 Å². The second-order valence-electron chi connectivity index (χ2n) is 3.93. The van der Waals surface area contributed by atoms with E-state index in [2.05, 4.69) is 37.2 Å². The van der Waals surface area contributed by atoms with Crippen LogP contribution >= 0.6 is 31.9 Å². The highest BCUT2D eigenvalue weighted by molar-refractivity contribution is 9.11. The van der Waals surface area contributed by atoms with Crippen molar-refractivity contribution in [3.63, 3.8) is 0 Å². The number of halogens is 2. The van der Waals surface area contributed by atoms with Crippen molar-refractivity contribution in [3.8, 4) is 0 Å². The molecule has 0 saturated heterocycles. The van der Waals surface area contributed by atoms with Gasteiger partial charge in [0.1, 0.15) is 6.04 Å². The van der Waals surface area contributed by atoms with Crippen molar-refractivity contribution in [2.75, 3.05) is 19.5 Å². The number of esters is 2. The molecule has 1 aromatic carbocycles. The summed E-state index contributed by atoms with van der Waals surface area (Å²) in [5.41, 5.74) is 0.827. The largest absolute Gasteiger partial charge is 0.467 e. The van der Waals surface area contributed by atoms with Gasteiger partial charge in [0.05, 0.1) is 25.5 Å². The Labute approximate surface area is 134 Å². The molecule has 1 N–H and O–H groups in total. The maximum absolute atomic E-state index is 11.8. The molecule has 0 aliphatic carbocycles. The van der Waals surface area contributed by atoms with Crippen molar-refractivity contribution in [2.24, 2.45) is 0 Å². The smallest absolute Gasteiger partial charge is 0.340 e.